The van der Waals surface area contributed by atoms with E-state index in [9.17, 15) is 18.0 Å². The van der Waals surface area contributed by atoms with Crippen LogP contribution in [0.5, 0.6) is 0 Å². The number of halogens is 3. The van der Waals surface area contributed by atoms with Crippen molar-refractivity contribution in [2.24, 2.45) is 5.92 Å². The van der Waals surface area contributed by atoms with Crippen molar-refractivity contribution < 1.29 is 22.7 Å². The summed E-state index contributed by atoms with van der Waals surface area (Å²) in [6, 6.07) is 0. The molecule has 0 amide bonds. The molecule has 0 heterocycles. The number of alkyl halides is 3. The van der Waals surface area contributed by atoms with Gasteiger partial charge in [0, 0.05) is 0 Å². The van der Waals surface area contributed by atoms with Crippen molar-refractivity contribution in [2.75, 3.05) is 0 Å². The lowest BCUT2D eigenvalue weighted by molar-refractivity contribution is -0.339. The minimum Gasteiger partial charge on any atom is -0.297 e. The molecule has 0 aliphatic heterocycles. The summed E-state index contributed by atoms with van der Waals surface area (Å²) in [7, 11) is 0. The number of hydrogen-bond donors (Lipinski definition) is 0. The van der Waals surface area contributed by atoms with Crippen LogP contribution in [0.2, 0.25) is 0 Å². The van der Waals surface area contributed by atoms with Crippen molar-refractivity contribution in [3.05, 3.63) is 0 Å². The fourth-order valence-corrected chi connectivity index (χ4v) is 1.05. The summed E-state index contributed by atoms with van der Waals surface area (Å²) in [5.41, 5.74) is 0. The highest BCUT2D eigenvalue weighted by molar-refractivity contribution is 5.81. The Balaban J connectivity index is 2.49. The number of hydrogen-bond acceptors (Lipinski definition) is 2. The van der Waals surface area contributed by atoms with Crippen LogP contribution in [0, 0.1) is 5.92 Å². The van der Waals surface area contributed by atoms with Crippen molar-refractivity contribution in [1.82, 2.24) is 0 Å². The lowest BCUT2D eigenvalue weighted by Crippen LogP contribution is -2.31. The third-order valence-corrected chi connectivity index (χ3v) is 1.71. The van der Waals surface area contributed by atoms with Crippen LogP contribution in [-0.2, 0) is 9.53 Å². The smallest absolute Gasteiger partial charge is 0.297 e. The first kappa shape index (κ1) is 9.51. The molecule has 0 aromatic rings. The summed E-state index contributed by atoms with van der Waals surface area (Å²) >= 11 is 0. The molecule has 1 aliphatic rings. The van der Waals surface area contributed by atoms with Gasteiger partial charge in [0.15, 0.2) is 5.78 Å². The molecule has 1 rings (SSSR count). The van der Waals surface area contributed by atoms with E-state index in [2.05, 4.69) is 4.74 Å². The maximum absolute atomic E-state index is 11.7. The van der Waals surface area contributed by atoms with Crippen molar-refractivity contribution in [3.63, 3.8) is 0 Å². The van der Waals surface area contributed by atoms with Gasteiger partial charge < -0.3 is 0 Å². The number of ketones is 1. The lowest BCUT2D eigenvalue weighted by Gasteiger charge is -2.15. The number of rotatable bonds is 3. The van der Waals surface area contributed by atoms with Gasteiger partial charge in [-0.05, 0) is 25.7 Å². The van der Waals surface area contributed by atoms with Crippen molar-refractivity contribution in [1.29, 1.82) is 0 Å². The first-order chi connectivity index (χ1) is 5.40. The Hall–Kier alpha value is -0.580. The van der Waals surface area contributed by atoms with Gasteiger partial charge in [0.2, 0.25) is 0 Å². The highest BCUT2D eigenvalue weighted by Gasteiger charge is 2.43. The topological polar surface area (TPSA) is 26.3 Å². The number of carbonyl (C=O) groups is 1. The second-order valence-electron chi connectivity index (χ2n) is 2.93. The SMILES string of the molecule is CC(=O)C(OC(F)(F)F)C1CC1. The normalized spacial score (nSPS) is 20.7. The minimum absolute atomic E-state index is 0.218. The summed E-state index contributed by atoms with van der Waals surface area (Å²) in [5, 5.41) is 0. The largest absolute Gasteiger partial charge is 0.523 e. The molecule has 12 heavy (non-hydrogen) atoms. The number of carbonyl (C=O) groups excluding carboxylic acids is 1. The Kier molecular flexibility index (Phi) is 2.41. The Morgan fingerprint density at radius 3 is 2.25 bits per heavy atom. The van der Waals surface area contributed by atoms with Crippen LogP contribution in [0.1, 0.15) is 19.8 Å². The average Bonchev–Trinajstić information content (AvgIpc) is 2.61. The molecule has 0 bridgehead atoms. The van der Waals surface area contributed by atoms with Gasteiger partial charge in [-0.15, -0.1) is 13.2 Å². The Labute approximate surface area is 67.7 Å². The Morgan fingerprint density at radius 1 is 1.50 bits per heavy atom. The molecule has 1 aliphatic carbocycles. The van der Waals surface area contributed by atoms with E-state index < -0.39 is 18.2 Å². The molecule has 0 N–H and O–H groups in total. The summed E-state index contributed by atoms with van der Waals surface area (Å²) in [4.78, 5) is 10.7. The zero-order valence-corrected chi connectivity index (χ0v) is 6.52. The third-order valence-electron chi connectivity index (χ3n) is 1.71. The van der Waals surface area contributed by atoms with Crippen LogP contribution >= 0.6 is 0 Å². The molecule has 0 radical (unpaired) electrons. The first-order valence-electron chi connectivity index (χ1n) is 3.65. The molecule has 1 fully saturated rings. The molecule has 0 aromatic heterocycles. The predicted octanol–water partition coefficient (Wildman–Crippen LogP) is 1.89. The quantitative estimate of drug-likeness (QED) is 0.666. The van der Waals surface area contributed by atoms with Gasteiger partial charge in [-0.3, -0.25) is 9.53 Å². The maximum Gasteiger partial charge on any atom is 0.523 e. The maximum atomic E-state index is 11.7. The van der Waals surface area contributed by atoms with Crippen LogP contribution < -0.4 is 0 Å². The van der Waals surface area contributed by atoms with Gasteiger partial charge >= 0.3 is 6.36 Å². The Morgan fingerprint density at radius 2 is 2.00 bits per heavy atom. The lowest BCUT2D eigenvalue weighted by atomic mass is 10.2. The zero-order chi connectivity index (χ0) is 9.35. The fraction of sp³-hybridized carbons (Fsp3) is 0.857. The molecular weight excluding hydrogens is 173 g/mol. The van der Waals surface area contributed by atoms with Gasteiger partial charge in [0.1, 0.15) is 6.10 Å². The van der Waals surface area contributed by atoms with Gasteiger partial charge in [-0.1, -0.05) is 0 Å². The van der Waals surface area contributed by atoms with E-state index in [0.29, 0.717) is 12.8 Å². The van der Waals surface area contributed by atoms with E-state index in [4.69, 9.17) is 0 Å². The predicted molar refractivity (Wildman–Crippen MR) is 34.3 cm³/mol. The summed E-state index contributed by atoms with van der Waals surface area (Å²) < 4.78 is 38.7. The molecule has 1 saturated carbocycles. The Bertz CT molecular complexity index is 184. The van der Waals surface area contributed by atoms with Crippen molar-refractivity contribution >= 4 is 5.78 Å². The third kappa shape index (κ3) is 2.81. The molecule has 0 spiro atoms. The molecule has 5 heteroatoms. The number of Topliss-reactive ketones (excluding diaryl/α,β-unsaturated/α-hetero) is 1. The molecule has 70 valence electrons. The highest BCUT2D eigenvalue weighted by Crippen LogP contribution is 2.37. The molecule has 0 aromatic carbocycles. The fourth-order valence-electron chi connectivity index (χ4n) is 1.05. The summed E-state index contributed by atoms with van der Waals surface area (Å²) in [6.07, 6.45) is -4.66. The highest BCUT2D eigenvalue weighted by atomic mass is 19.4. The van der Waals surface area contributed by atoms with E-state index in [-0.39, 0.29) is 5.92 Å². The van der Waals surface area contributed by atoms with Crippen LogP contribution in [0.4, 0.5) is 13.2 Å². The second kappa shape index (κ2) is 3.05. The van der Waals surface area contributed by atoms with Gasteiger partial charge in [-0.25, -0.2) is 0 Å². The first-order valence-corrected chi connectivity index (χ1v) is 3.65. The zero-order valence-electron chi connectivity index (χ0n) is 6.52. The molecule has 1 unspecified atom stereocenters. The van der Waals surface area contributed by atoms with E-state index in [1.807, 2.05) is 0 Å². The van der Waals surface area contributed by atoms with Crippen LogP contribution in [0.25, 0.3) is 0 Å². The van der Waals surface area contributed by atoms with Gasteiger partial charge in [0.05, 0.1) is 0 Å². The van der Waals surface area contributed by atoms with Crippen LogP contribution in [0.15, 0.2) is 0 Å². The van der Waals surface area contributed by atoms with Crippen LogP contribution in [-0.4, -0.2) is 18.2 Å². The van der Waals surface area contributed by atoms with Gasteiger partial charge in [0.25, 0.3) is 0 Å². The van der Waals surface area contributed by atoms with E-state index in [1.54, 1.807) is 0 Å². The molecule has 0 saturated heterocycles. The van der Waals surface area contributed by atoms with E-state index in [0.717, 1.165) is 6.92 Å². The standard InChI is InChI=1S/C7H9F3O2/c1-4(11)6(5-2-3-5)12-7(8,9)10/h5-6H,2-3H2,1H3. The molecule has 1 atom stereocenters. The summed E-state index contributed by atoms with van der Waals surface area (Å²) in [5.74, 6) is -0.765. The molecule has 2 nitrogen and oxygen atoms in total. The number of ether oxygens (including phenoxy) is 1. The van der Waals surface area contributed by atoms with E-state index in [1.165, 1.54) is 0 Å². The summed E-state index contributed by atoms with van der Waals surface area (Å²) in [6.45, 7) is 1.12. The van der Waals surface area contributed by atoms with Crippen LogP contribution in [0.3, 0.4) is 0 Å². The monoisotopic (exact) mass is 182 g/mol. The van der Waals surface area contributed by atoms with E-state index >= 15 is 0 Å². The van der Waals surface area contributed by atoms with Crippen molar-refractivity contribution in [3.8, 4) is 0 Å². The average molecular weight is 182 g/mol. The van der Waals surface area contributed by atoms with Gasteiger partial charge in [-0.2, -0.15) is 0 Å². The molecular formula is C7H9F3O2. The second-order valence-corrected chi connectivity index (χ2v) is 2.93. The minimum atomic E-state index is -4.70. The van der Waals surface area contributed by atoms with Crippen molar-refractivity contribution in [2.45, 2.75) is 32.2 Å².